The Morgan fingerprint density at radius 2 is 1.69 bits per heavy atom. The highest BCUT2D eigenvalue weighted by atomic mass is 79.9. The fraction of sp³-hybridized carbons (Fsp3) is 0.269. The summed E-state index contributed by atoms with van der Waals surface area (Å²) in [4.78, 5) is 40.5. The number of aryl methyl sites for hydroxylation is 1. The Balaban J connectivity index is 1.68. The van der Waals surface area contributed by atoms with Crippen LogP contribution in [0.15, 0.2) is 58.4 Å². The molecule has 2 heterocycles. The van der Waals surface area contributed by atoms with E-state index >= 15 is 0 Å². The monoisotopic (exact) mass is 642 g/mol. The number of aromatic nitrogens is 2. The van der Waals surface area contributed by atoms with E-state index in [0.717, 1.165) is 17.0 Å². The number of amides is 2. The second-order valence-corrected chi connectivity index (χ2v) is 10.9. The van der Waals surface area contributed by atoms with Crippen molar-refractivity contribution in [1.82, 2.24) is 9.97 Å². The Morgan fingerprint density at radius 1 is 1.08 bits per heavy atom. The normalized spacial score (nSPS) is 17.1. The number of carbonyl (C=O) groups excluding carboxylic acids is 2. The van der Waals surface area contributed by atoms with Gasteiger partial charge >= 0.3 is 6.18 Å². The molecule has 39 heavy (non-hydrogen) atoms. The lowest BCUT2D eigenvalue weighted by molar-refractivity contribution is -0.275. The lowest BCUT2D eigenvalue weighted by Gasteiger charge is -2.29. The molecule has 1 atom stereocenters. The van der Waals surface area contributed by atoms with Crippen LogP contribution in [0.5, 0.6) is 0 Å². The first-order valence-electron chi connectivity index (χ1n) is 11.5. The minimum atomic E-state index is -4.85. The minimum Gasteiger partial charge on any atom is -0.374 e. The Kier molecular flexibility index (Phi) is 8.07. The molecule has 0 bridgehead atoms. The van der Waals surface area contributed by atoms with Gasteiger partial charge in [0.1, 0.15) is 0 Å². The van der Waals surface area contributed by atoms with Crippen molar-refractivity contribution in [2.24, 2.45) is 11.1 Å². The van der Waals surface area contributed by atoms with E-state index < -0.39 is 35.9 Å². The molecule has 0 aliphatic carbocycles. The SMILES string of the molecule is Cc1cc(C2=NOC(c3cc(Cl)cc(Cl)c3)(C(F)(F)F)C2)ccc1C(=O)N(C(=O)C(C)C)c1ncc(Br)cn1. The van der Waals surface area contributed by atoms with Gasteiger partial charge in [-0.25, -0.2) is 14.9 Å². The van der Waals surface area contributed by atoms with Crippen LogP contribution in [-0.2, 0) is 15.2 Å². The van der Waals surface area contributed by atoms with E-state index in [-0.39, 0.29) is 32.8 Å². The Hall–Kier alpha value is -3.02. The third-order valence-electron chi connectivity index (χ3n) is 6.03. The number of alkyl halides is 3. The standard InChI is InChI=1S/C26H20BrCl2F3N4O3/c1-13(2)22(37)36(24-33-11-17(27)12-34-24)23(38)20-5-4-15(6-14(20)3)21-10-25(39-35-21,26(30,31)32)16-7-18(28)9-19(29)8-16/h4-9,11-13H,10H2,1-3H3. The number of hydrogen-bond acceptors (Lipinski definition) is 6. The Morgan fingerprint density at radius 3 is 2.23 bits per heavy atom. The highest BCUT2D eigenvalue weighted by Crippen LogP contribution is 2.49. The summed E-state index contributed by atoms with van der Waals surface area (Å²) in [5, 5.41) is 3.80. The molecule has 0 radical (unpaired) electrons. The zero-order valence-electron chi connectivity index (χ0n) is 20.7. The molecule has 1 aromatic heterocycles. The second kappa shape index (κ2) is 10.9. The number of hydrogen-bond donors (Lipinski definition) is 0. The van der Waals surface area contributed by atoms with Crippen LogP contribution in [-0.4, -0.2) is 33.7 Å². The molecule has 3 aromatic rings. The van der Waals surface area contributed by atoms with Crippen LogP contribution >= 0.6 is 39.1 Å². The summed E-state index contributed by atoms with van der Waals surface area (Å²) >= 11 is 15.1. The topological polar surface area (TPSA) is 84.8 Å². The summed E-state index contributed by atoms with van der Waals surface area (Å²) in [6, 6.07) is 7.96. The molecule has 13 heteroatoms. The van der Waals surface area contributed by atoms with Gasteiger partial charge in [-0.3, -0.25) is 9.59 Å². The van der Waals surface area contributed by atoms with Gasteiger partial charge in [0.15, 0.2) is 0 Å². The quantitative estimate of drug-likeness (QED) is 0.292. The predicted molar refractivity (Wildman–Crippen MR) is 144 cm³/mol. The summed E-state index contributed by atoms with van der Waals surface area (Å²) in [5.74, 6) is -1.84. The summed E-state index contributed by atoms with van der Waals surface area (Å²) in [5.41, 5.74) is -2.22. The second-order valence-electron chi connectivity index (χ2n) is 9.15. The molecular weight excluding hydrogens is 624 g/mol. The van der Waals surface area contributed by atoms with Crippen LogP contribution in [0.25, 0.3) is 0 Å². The largest absolute Gasteiger partial charge is 0.435 e. The maximum atomic E-state index is 14.3. The van der Waals surface area contributed by atoms with Crippen molar-refractivity contribution in [1.29, 1.82) is 0 Å². The van der Waals surface area contributed by atoms with Gasteiger partial charge in [0.25, 0.3) is 11.5 Å². The third kappa shape index (κ3) is 5.66. The molecule has 7 nitrogen and oxygen atoms in total. The molecule has 0 saturated heterocycles. The van der Waals surface area contributed by atoms with E-state index in [4.69, 9.17) is 28.0 Å². The first-order valence-corrected chi connectivity index (χ1v) is 13.0. The van der Waals surface area contributed by atoms with E-state index in [0.29, 0.717) is 15.6 Å². The zero-order valence-corrected chi connectivity index (χ0v) is 23.8. The predicted octanol–water partition coefficient (Wildman–Crippen LogP) is 7.27. The van der Waals surface area contributed by atoms with E-state index in [2.05, 4.69) is 31.1 Å². The van der Waals surface area contributed by atoms with Crippen molar-refractivity contribution in [2.45, 2.75) is 39.0 Å². The number of halogens is 6. The van der Waals surface area contributed by atoms with Crippen LogP contribution in [0.4, 0.5) is 19.1 Å². The molecule has 4 rings (SSSR count). The van der Waals surface area contributed by atoms with Crippen molar-refractivity contribution >= 4 is 62.6 Å². The van der Waals surface area contributed by atoms with Crippen molar-refractivity contribution in [3.05, 3.63) is 85.6 Å². The van der Waals surface area contributed by atoms with E-state index in [1.165, 1.54) is 36.7 Å². The maximum absolute atomic E-state index is 14.3. The molecule has 0 N–H and O–H groups in total. The highest BCUT2D eigenvalue weighted by molar-refractivity contribution is 9.10. The first-order chi connectivity index (χ1) is 18.2. The average molecular weight is 644 g/mol. The van der Waals surface area contributed by atoms with Gasteiger partial charge in [-0.2, -0.15) is 13.2 Å². The highest BCUT2D eigenvalue weighted by Gasteiger charge is 2.62. The van der Waals surface area contributed by atoms with Crippen molar-refractivity contribution in [3.8, 4) is 0 Å². The summed E-state index contributed by atoms with van der Waals surface area (Å²) in [6.45, 7) is 4.87. The molecule has 1 aliphatic heterocycles. The van der Waals surface area contributed by atoms with Crippen LogP contribution in [0.2, 0.25) is 10.0 Å². The Bertz CT molecular complexity index is 1460. The van der Waals surface area contributed by atoms with Gasteiger partial charge < -0.3 is 4.84 Å². The van der Waals surface area contributed by atoms with E-state index in [1.54, 1.807) is 20.8 Å². The fourth-order valence-electron chi connectivity index (χ4n) is 4.02. The first kappa shape index (κ1) is 29.0. The molecule has 1 aliphatic rings. The Labute approximate surface area is 240 Å². The van der Waals surface area contributed by atoms with Gasteiger partial charge in [-0.1, -0.05) is 48.3 Å². The number of benzene rings is 2. The zero-order chi connectivity index (χ0) is 28.7. The molecule has 0 fully saturated rings. The number of carbonyl (C=O) groups is 2. The van der Waals surface area contributed by atoms with Crippen molar-refractivity contribution < 1.29 is 27.6 Å². The van der Waals surface area contributed by atoms with Gasteiger partial charge in [0, 0.05) is 45.9 Å². The van der Waals surface area contributed by atoms with Gasteiger partial charge in [0.05, 0.1) is 10.2 Å². The van der Waals surface area contributed by atoms with Crippen molar-refractivity contribution in [2.75, 3.05) is 4.90 Å². The average Bonchev–Trinajstić information content (AvgIpc) is 3.32. The third-order valence-corrected chi connectivity index (χ3v) is 6.87. The lowest BCUT2D eigenvalue weighted by atomic mass is 9.86. The van der Waals surface area contributed by atoms with Crippen LogP contribution in [0.1, 0.15) is 47.3 Å². The van der Waals surface area contributed by atoms with Crippen LogP contribution in [0.3, 0.4) is 0 Å². The maximum Gasteiger partial charge on any atom is 0.435 e. The lowest BCUT2D eigenvalue weighted by Crippen LogP contribution is -2.42. The number of anilines is 1. The molecule has 2 amide bonds. The molecule has 2 aromatic carbocycles. The number of rotatable bonds is 5. The minimum absolute atomic E-state index is 0.0110. The summed E-state index contributed by atoms with van der Waals surface area (Å²) in [6.07, 6.45) is -2.68. The smallest absolute Gasteiger partial charge is 0.374 e. The van der Waals surface area contributed by atoms with Crippen LogP contribution in [0, 0.1) is 12.8 Å². The van der Waals surface area contributed by atoms with Gasteiger partial charge in [0.2, 0.25) is 11.9 Å². The molecule has 1 unspecified atom stereocenters. The molecule has 0 saturated carbocycles. The summed E-state index contributed by atoms with van der Waals surface area (Å²) < 4.78 is 43.6. The fourth-order valence-corrected chi connectivity index (χ4v) is 4.75. The number of oxime groups is 1. The summed E-state index contributed by atoms with van der Waals surface area (Å²) in [7, 11) is 0. The molecule has 0 spiro atoms. The number of nitrogens with zero attached hydrogens (tertiary/aromatic N) is 4. The van der Waals surface area contributed by atoms with Gasteiger partial charge in [-0.15, -0.1) is 0 Å². The van der Waals surface area contributed by atoms with Crippen LogP contribution < -0.4 is 4.90 Å². The van der Waals surface area contributed by atoms with Gasteiger partial charge in [-0.05, 0) is 64.3 Å². The molecular formula is C26H20BrCl2F3N4O3. The molecule has 204 valence electrons. The van der Waals surface area contributed by atoms with Crippen molar-refractivity contribution in [3.63, 3.8) is 0 Å². The number of imide groups is 1. The van der Waals surface area contributed by atoms with E-state index in [1.807, 2.05) is 0 Å². The van der Waals surface area contributed by atoms with E-state index in [9.17, 15) is 22.8 Å².